The van der Waals surface area contributed by atoms with Crippen LogP contribution in [0.1, 0.15) is 86.0 Å². The first-order valence-corrected chi connectivity index (χ1v) is 9.95. The summed E-state index contributed by atoms with van der Waals surface area (Å²) in [7, 11) is 0. The van der Waals surface area contributed by atoms with Gasteiger partial charge in [0.05, 0.1) is 6.10 Å². The van der Waals surface area contributed by atoms with Gasteiger partial charge in [-0.25, -0.2) is 0 Å². The van der Waals surface area contributed by atoms with Gasteiger partial charge < -0.3 is 5.11 Å². The third kappa shape index (κ3) is 2.66. The molecule has 1 heteroatoms. The van der Waals surface area contributed by atoms with Gasteiger partial charge in [-0.1, -0.05) is 41.0 Å². The van der Waals surface area contributed by atoms with Gasteiger partial charge in [-0.2, -0.15) is 0 Å². The van der Waals surface area contributed by atoms with Gasteiger partial charge in [-0.3, -0.25) is 0 Å². The first-order valence-electron chi connectivity index (χ1n) is 9.95. The molecular formula is C21H38O. The molecule has 4 fully saturated rings. The van der Waals surface area contributed by atoms with Crippen LogP contribution in [0.25, 0.3) is 0 Å². The smallest absolute Gasteiger partial charge is 0.0568 e. The average Bonchev–Trinajstić information content (AvgIpc) is 2.44. The summed E-state index contributed by atoms with van der Waals surface area (Å²) in [4.78, 5) is 0. The molecule has 0 aromatic heterocycles. The lowest BCUT2D eigenvalue weighted by Gasteiger charge is -2.64. The number of hydrogen-bond donors (Lipinski definition) is 1. The molecule has 4 saturated carbocycles. The molecule has 0 aliphatic heterocycles. The van der Waals surface area contributed by atoms with Crippen LogP contribution < -0.4 is 0 Å². The molecule has 3 atom stereocenters. The van der Waals surface area contributed by atoms with Crippen LogP contribution in [0.15, 0.2) is 0 Å². The minimum absolute atomic E-state index is 0.117. The van der Waals surface area contributed by atoms with Gasteiger partial charge in [0.2, 0.25) is 0 Å². The van der Waals surface area contributed by atoms with Crippen molar-refractivity contribution >= 4 is 0 Å². The molecule has 0 aromatic rings. The standard InChI is InChI=1S/C21H38O/c1-6-14(2)19(22)7-15(3)20(4,5)21-11-16-8-17(12-21)10-18(9-16)13-21/h14-19,22H,6-13H2,1-5H3/t14?,15-,16?,17?,18?,19?,21?/m1/s1. The fourth-order valence-corrected chi connectivity index (χ4v) is 6.58. The zero-order valence-corrected chi connectivity index (χ0v) is 15.6. The molecule has 0 heterocycles. The first-order chi connectivity index (χ1) is 10.3. The molecule has 4 aliphatic carbocycles. The van der Waals surface area contributed by atoms with Crippen molar-refractivity contribution in [2.24, 2.45) is 40.4 Å². The molecule has 22 heavy (non-hydrogen) atoms. The van der Waals surface area contributed by atoms with Crippen molar-refractivity contribution < 1.29 is 5.11 Å². The van der Waals surface area contributed by atoms with E-state index >= 15 is 0 Å². The summed E-state index contributed by atoms with van der Waals surface area (Å²) >= 11 is 0. The number of hydrogen-bond acceptors (Lipinski definition) is 1. The molecule has 0 radical (unpaired) electrons. The quantitative estimate of drug-likeness (QED) is 0.671. The third-order valence-corrected chi connectivity index (χ3v) is 8.53. The van der Waals surface area contributed by atoms with E-state index in [1.54, 1.807) is 0 Å². The summed E-state index contributed by atoms with van der Waals surface area (Å²) in [6, 6.07) is 0. The Balaban J connectivity index is 1.74. The van der Waals surface area contributed by atoms with Crippen LogP contribution in [0, 0.1) is 40.4 Å². The summed E-state index contributed by atoms with van der Waals surface area (Å²) in [6.45, 7) is 11.9. The summed E-state index contributed by atoms with van der Waals surface area (Å²) in [5.74, 6) is 4.13. The van der Waals surface area contributed by atoms with Crippen LogP contribution in [0.4, 0.5) is 0 Å². The van der Waals surface area contributed by atoms with Crippen LogP contribution in [0.3, 0.4) is 0 Å². The predicted octanol–water partition coefficient (Wildman–Crippen LogP) is 5.66. The average molecular weight is 307 g/mol. The number of aliphatic hydroxyl groups is 1. The van der Waals surface area contributed by atoms with Gasteiger partial charge >= 0.3 is 0 Å². The molecule has 0 aromatic carbocycles. The van der Waals surface area contributed by atoms with Gasteiger partial charge in [0.25, 0.3) is 0 Å². The molecular weight excluding hydrogens is 268 g/mol. The maximum Gasteiger partial charge on any atom is 0.0568 e. The normalized spacial score (nSPS) is 41.5. The van der Waals surface area contributed by atoms with E-state index in [0.29, 0.717) is 22.7 Å². The Labute approximate surface area is 138 Å². The lowest BCUT2D eigenvalue weighted by atomic mass is 9.41. The van der Waals surface area contributed by atoms with Gasteiger partial charge in [-0.15, -0.1) is 0 Å². The molecule has 4 rings (SSSR count). The largest absolute Gasteiger partial charge is 0.393 e. The summed E-state index contributed by atoms with van der Waals surface area (Å²) in [5, 5.41) is 10.5. The molecule has 128 valence electrons. The van der Waals surface area contributed by atoms with Crippen molar-refractivity contribution in [2.45, 2.75) is 92.1 Å². The second-order valence-electron chi connectivity index (χ2n) is 10.0. The van der Waals surface area contributed by atoms with Crippen molar-refractivity contribution in [3.63, 3.8) is 0 Å². The van der Waals surface area contributed by atoms with E-state index in [0.717, 1.165) is 30.6 Å². The van der Waals surface area contributed by atoms with Crippen LogP contribution >= 0.6 is 0 Å². The van der Waals surface area contributed by atoms with Crippen LogP contribution in [-0.2, 0) is 0 Å². The molecule has 2 unspecified atom stereocenters. The maximum absolute atomic E-state index is 10.5. The molecule has 4 bridgehead atoms. The van der Waals surface area contributed by atoms with Crippen molar-refractivity contribution in [2.75, 3.05) is 0 Å². The van der Waals surface area contributed by atoms with Crippen molar-refractivity contribution in [3.8, 4) is 0 Å². The fourth-order valence-electron chi connectivity index (χ4n) is 6.58. The minimum atomic E-state index is -0.117. The van der Waals surface area contributed by atoms with Crippen molar-refractivity contribution in [1.29, 1.82) is 0 Å². The Hall–Kier alpha value is -0.0400. The van der Waals surface area contributed by atoms with Gasteiger partial charge in [0, 0.05) is 0 Å². The van der Waals surface area contributed by atoms with Crippen molar-refractivity contribution in [1.82, 2.24) is 0 Å². The highest BCUT2D eigenvalue weighted by molar-refractivity contribution is 5.08. The fraction of sp³-hybridized carbons (Fsp3) is 1.00. The zero-order chi connectivity index (χ0) is 16.1. The Morgan fingerprint density at radius 2 is 1.45 bits per heavy atom. The molecule has 4 aliphatic rings. The molecule has 0 saturated heterocycles. The predicted molar refractivity (Wildman–Crippen MR) is 93.6 cm³/mol. The lowest BCUT2D eigenvalue weighted by molar-refractivity contribution is -0.142. The molecule has 0 amide bonds. The van der Waals surface area contributed by atoms with E-state index in [1.165, 1.54) is 38.5 Å². The summed E-state index contributed by atoms with van der Waals surface area (Å²) < 4.78 is 0. The highest BCUT2D eigenvalue weighted by Gasteiger charge is 2.58. The van der Waals surface area contributed by atoms with Gasteiger partial charge in [-0.05, 0) is 85.4 Å². The number of aliphatic hydroxyl groups excluding tert-OH is 1. The molecule has 1 N–H and O–H groups in total. The summed E-state index contributed by atoms with van der Waals surface area (Å²) in [6.07, 6.45) is 11.0. The topological polar surface area (TPSA) is 20.2 Å². The maximum atomic E-state index is 10.5. The van der Waals surface area contributed by atoms with E-state index in [4.69, 9.17) is 0 Å². The Bertz CT molecular complexity index is 361. The Kier molecular flexibility index (Phi) is 4.43. The Morgan fingerprint density at radius 3 is 1.86 bits per heavy atom. The Morgan fingerprint density at radius 1 is 1.00 bits per heavy atom. The van der Waals surface area contributed by atoms with Crippen molar-refractivity contribution in [3.05, 3.63) is 0 Å². The summed E-state index contributed by atoms with van der Waals surface area (Å²) in [5.41, 5.74) is 0.952. The van der Waals surface area contributed by atoms with Crippen LogP contribution in [0.2, 0.25) is 0 Å². The van der Waals surface area contributed by atoms with Gasteiger partial charge in [0.1, 0.15) is 0 Å². The SMILES string of the molecule is CCC(C)C(O)C[C@@H](C)C(C)(C)C12CC3CC(CC(C3)C1)C2. The van der Waals surface area contributed by atoms with E-state index in [2.05, 4.69) is 34.6 Å². The second kappa shape index (κ2) is 5.80. The number of rotatable bonds is 6. The highest BCUT2D eigenvalue weighted by Crippen LogP contribution is 2.67. The highest BCUT2D eigenvalue weighted by atomic mass is 16.3. The van der Waals surface area contributed by atoms with E-state index < -0.39 is 0 Å². The minimum Gasteiger partial charge on any atom is -0.393 e. The van der Waals surface area contributed by atoms with E-state index in [-0.39, 0.29) is 6.10 Å². The monoisotopic (exact) mass is 306 g/mol. The third-order valence-electron chi connectivity index (χ3n) is 8.53. The zero-order valence-electron chi connectivity index (χ0n) is 15.6. The molecule has 1 nitrogen and oxygen atoms in total. The van der Waals surface area contributed by atoms with Crippen LogP contribution in [0.5, 0.6) is 0 Å². The van der Waals surface area contributed by atoms with E-state index in [1.807, 2.05) is 0 Å². The lowest BCUT2D eigenvalue weighted by Crippen LogP contribution is -2.55. The second-order valence-corrected chi connectivity index (χ2v) is 10.0. The molecule has 0 spiro atoms. The van der Waals surface area contributed by atoms with E-state index in [9.17, 15) is 5.11 Å². The first kappa shape index (κ1) is 16.8. The van der Waals surface area contributed by atoms with Gasteiger partial charge in [0.15, 0.2) is 0 Å². The van der Waals surface area contributed by atoms with Crippen LogP contribution in [-0.4, -0.2) is 11.2 Å².